The third-order valence-electron chi connectivity index (χ3n) is 6.50. The van der Waals surface area contributed by atoms with Crippen LogP contribution in [0.1, 0.15) is 36.6 Å². The zero-order valence-corrected chi connectivity index (χ0v) is 30.1. The van der Waals surface area contributed by atoms with Gasteiger partial charge in [0.2, 0.25) is 0 Å². The molecule has 0 bridgehead atoms. The van der Waals surface area contributed by atoms with E-state index in [-0.39, 0.29) is 12.2 Å². The third kappa shape index (κ3) is 9.18. The summed E-state index contributed by atoms with van der Waals surface area (Å²) in [6.45, 7) is 3.91. The van der Waals surface area contributed by atoms with E-state index in [1.165, 1.54) is 7.11 Å². The molecule has 3 aromatic rings. The van der Waals surface area contributed by atoms with Crippen molar-refractivity contribution in [2.45, 2.75) is 32.7 Å². The van der Waals surface area contributed by atoms with E-state index in [1.54, 1.807) is 43.5 Å². The van der Waals surface area contributed by atoms with Crippen LogP contribution in [0.3, 0.4) is 0 Å². The molecule has 46 heavy (non-hydrogen) atoms. The van der Waals surface area contributed by atoms with Crippen LogP contribution in [0.2, 0.25) is 10.0 Å². The Bertz CT molecular complexity index is 1650. The lowest BCUT2D eigenvalue weighted by atomic mass is 9.95. The van der Waals surface area contributed by atoms with Crippen molar-refractivity contribution >= 4 is 79.9 Å². The van der Waals surface area contributed by atoms with E-state index in [2.05, 4.69) is 59.7 Å². The molecule has 0 saturated carbocycles. The third-order valence-corrected chi connectivity index (χ3v) is 8.63. The average Bonchev–Trinajstić information content (AvgIpc) is 3.01. The van der Waals surface area contributed by atoms with Crippen molar-refractivity contribution in [1.82, 2.24) is 16.1 Å². The Morgan fingerprint density at radius 3 is 2.61 bits per heavy atom. The molecule has 3 aromatic carbocycles. The van der Waals surface area contributed by atoms with E-state index >= 15 is 0 Å². The average molecular weight is 848 g/mol. The molecule has 1 aliphatic heterocycles. The first kappa shape index (κ1) is 35.6. The second-order valence-electron chi connectivity index (χ2n) is 9.77. The van der Waals surface area contributed by atoms with Crippen molar-refractivity contribution in [2.75, 3.05) is 20.3 Å². The molecule has 2 atom stereocenters. The van der Waals surface area contributed by atoms with Gasteiger partial charge in [0.05, 0.1) is 49.6 Å². The minimum atomic E-state index is -1.15. The summed E-state index contributed by atoms with van der Waals surface area (Å²) in [6, 6.07) is 12.8. The number of hydrogen-bond donors (Lipinski definition) is 4. The molecule has 4 N–H and O–H groups in total. The molecular weight excluding hydrogens is 818 g/mol. The highest BCUT2D eigenvalue weighted by Crippen LogP contribution is 2.35. The number of rotatable bonds is 13. The molecule has 0 unspecified atom stereocenters. The Kier molecular flexibility index (Phi) is 12.8. The van der Waals surface area contributed by atoms with Gasteiger partial charge < -0.3 is 34.7 Å². The predicted molar refractivity (Wildman–Crippen MR) is 187 cm³/mol. The molecule has 244 valence electrons. The minimum absolute atomic E-state index is 0.157. The molecule has 4 rings (SSSR count). The number of aliphatic hydroxyl groups is 1. The maximum absolute atomic E-state index is 12.5. The summed E-state index contributed by atoms with van der Waals surface area (Å²) in [5.41, 5.74) is 5.51. The van der Waals surface area contributed by atoms with E-state index < -0.39 is 24.3 Å². The topological polar surface area (TPSA) is 140 Å². The number of benzene rings is 3. The van der Waals surface area contributed by atoms with E-state index in [4.69, 9.17) is 42.1 Å². The number of halogens is 4. The molecule has 2 amide bonds. The number of urea groups is 1. The Morgan fingerprint density at radius 2 is 1.91 bits per heavy atom. The number of amides is 2. The SMILES string of the molecule is CCOc1cc([C@H]2NC(=O)NC(C)=C2C(=O)OC)ccc1OC[C@@H](O)N/N=C\c1cc(Br)c(OCc2ccc(Cl)c(Cl)c2)c(I)c1. The van der Waals surface area contributed by atoms with Crippen molar-refractivity contribution in [3.63, 3.8) is 0 Å². The first-order valence-corrected chi connectivity index (χ1v) is 16.4. The number of nitrogens with zero attached hydrogens (tertiary/aromatic N) is 1. The van der Waals surface area contributed by atoms with E-state index in [9.17, 15) is 14.7 Å². The van der Waals surface area contributed by atoms with Gasteiger partial charge >= 0.3 is 12.0 Å². The highest BCUT2D eigenvalue weighted by atomic mass is 127. The number of methoxy groups -OCH3 is 1. The molecule has 1 heterocycles. The molecule has 0 fully saturated rings. The standard InChI is InChI=1S/C31H30BrCl2IN4O7/c1-4-44-25-12-19(28-27(30(41)43-3)16(2)37-31(42)38-28)6-8-24(25)45-15-26(40)39-36-13-18-9-20(32)29(23(35)11-18)46-14-17-5-7-21(33)22(34)10-17/h5-13,26,28,39-40H,4,14-15H2,1-3H3,(H2,37,38,42)/b36-13-/t26-,28-/m1/s1. The number of ether oxygens (including phenoxy) is 4. The van der Waals surface area contributed by atoms with Crippen molar-refractivity contribution in [3.8, 4) is 17.2 Å². The lowest BCUT2D eigenvalue weighted by Gasteiger charge is -2.28. The van der Waals surface area contributed by atoms with E-state index in [0.29, 0.717) is 51.8 Å². The summed E-state index contributed by atoms with van der Waals surface area (Å²) < 4.78 is 24.0. The lowest BCUT2D eigenvalue weighted by Crippen LogP contribution is -2.45. The van der Waals surface area contributed by atoms with Gasteiger partial charge in [0.25, 0.3) is 0 Å². The van der Waals surface area contributed by atoms with Crippen LogP contribution in [0, 0.1) is 3.57 Å². The van der Waals surface area contributed by atoms with Crippen LogP contribution >= 0.6 is 61.7 Å². The van der Waals surface area contributed by atoms with E-state index in [1.807, 2.05) is 25.1 Å². The number of hydrazone groups is 1. The Balaban J connectivity index is 1.37. The fourth-order valence-corrected chi connectivity index (χ4v) is 6.49. The zero-order valence-electron chi connectivity index (χ0n) is 24.8. The Hall–Kier alpha value is -3.24. The number of nitrogens with one attached hydrogen (secondary N) is 3. The minimum Gasteiger partial charge on any atom is -0.490 e. The monoisotopic (exact) mass is 846 g/mol. The van der Waals surface area contributed by atoms with Crippen LogP contribution in [-0.2, 0) is 16.1 Å². The van der Waals surface area contributed by atoms with Gasteiger partial charge in [-0.25, -0.2) is 9.59 Å². The highest BCUT2D eigenvalue weighted by molar-refractivity contribution is 14.1. The highest BCUT2D eigenvalue weighted by Gasteiger charge is 2.32. The van der Waals surface area contributed by atoms with Crippen molar-refractivity contribution < 1.29 is 33.6 Å². The number of esters is 1. The zero-order chi connectivity index (χ0) is 33.4. The summed E-state index contributed by atoms with van der Waals surface area (Å²) in [7, 11) is 1.27. The maximum Gasteiger partial charge on any atom is 0.337 e. The number of carbonyl (C=O) groups is 2. The smallest absolute Gasteiger partial charge is 0.337 e. The molecule has 0 radical (unpaired) electrons. The molecule has 0 aromatic heterocycles. The summed E-state index contributed by atoms with van der Waals surface area (Å²) in [6.07, 6.45) is 0.406. The summed E-state index contributed by atoms with van der Waals surface area (Å²) in [5, 5.41) is 20.9. The van der Waals surface area contributed by atoms with Crippen LogP contribution in [0.25, 0.3) is 0 Å². The predicted octanol–water partition coefficient (Wildman–Crippen LogP) is 6.46. The van der Waals surface area contributed by atoms with Crippen molar-refractivity contribution in [3.05, 3.63) is 94.6 Å². The number of carbonyl (C=O) groups excluding carboxylic acids is 2. The van der Waals surface area contributed by atoms with Gasteiger partial charge in [0.15, 0.2) is 17.7 Å². The quantitative estimate of drug-likeness (QED) is 0.0506. The molecule has 0 spiro atoms. The Labute approximate surface area is 297 Å². The van der Waals surface area contributed by atoms with Crippen molar-refractivity contribution in [1.29, 1.82) is 0 Å². The van der Waals surface area contributed by atoms with Gasteiger partial charge in [-0.3, -0.25) is 5.43 Å². The lowest BCUT2D eigenvalue weighted by molar-refractivity contribution is -0.136. The normalized spacial score (nSPS) is 15.2. The van der Waals surface area contributed by atoms with E-state index in [0.717, 1.165) is 19.2 Å². The van der Waals surface area contributed by atoms with Crippen molar-refractivity contribution in [2.24, 2.45) is 5.10 Å². The van der Waals surface area contributed by atoms with Crippen LogP contribution in [0.15, 0.2) is 69.4 Å². The van der Waals surface area contributed by atoms with Gasteiger partial charge in [0, 0.05) is 5.70 Å². The molecule has 0 aliphatic carbocycles. The number of hydrogen-bond acceptors (Lipinski definition) is 9. The number of aliphatic hydroxyl groups excluding tert-OH is 1. The van der Waals surface area contributed by atoms with Gasteiger partial charge in [-0.2, -0.15) is 5.10 Å². The number of allylic oxidation sites excluding steroid dienone is 1. The molecule has 11 nitrogen and oxygen atoms in total. The fraction of sp³-hybridized carbons (Fsp3) is 0.258. The molecule has 15 heteroatoms. The summed E-state index contributed by atoms with van der Waals surface area (Å²) in [5.74, 6) is 0.808. The summed E-state index contributed by atoms with van der Waals surface area (Å²) >= 11 is 17.8. The Morgan fingerprint density at radius 1 is 1.13 bits per heavy atom. The largest absolute Gasteiger partial charge is 0.490 e. The molecule has 1 aliphatic rings. The second-order valence-corrected chi connectivity index (χ2v) is 12.6. The van der Waals surface area contributed by atoms with Gasteiger partial charge in [-0.05, 0) is 105 Å². The van der Waals surface area contributed by atoms with Gasteiger partial charge in [0.1, 0.15) is 19.0 Å². The first-order valence-electron chi connectivity index (χ1n) is 13.8. The molecule has 0 saturated heterocycles. The van der Waals surface area contributed by atoms with Crippen LogP contribution in [0.4, 0.5) is 4.79 Å². The fourth-order valence-electron chi connectivity index (χ4n) is 4.40. The molecular formula is C31H30BrCl2IN4O7. The van der Waals surface area contributed by atoms with Gasteiger partial charge in [-0.1, -0.05) is 35.3 Å². The van der Waals surface area contributed by atoms with Crippen LogP contribution < -0.4 is 30.3 Å². The first-order chi connectivity index (χ1) is 22.0. The van der Waals surface area contributed by atoms with Crippen LogP contribution in [0.5, 0.6) is 17.2 Å². The van der Waals surface area contributed by atoms with Gasteiger partial charge in [-0.15, -0.1) is 0 Å². The van der Waals surface area contributed by atoms with Crippen LogP contribution in [-0.4, -0.2) is 49.9 Å². The second kappa shape index (κ2) is 16.5. The summed E-state index contributed by atoms with van der Waals surface area (Å²) in [4.78, 5) is 24.6. The maximum atomic E-state index is 12.5.